The number of carbonyl (C=O) groups is 1. The van der Waals surface area contributed by atoms with E-state index in [9.17, 15) is 4.79 Å². The molecule has 2 atom stereocenters. The molecule has 0 saturated heterocycles. The molecular formula is C12H15IN2O. The molecule has 86 valence electrons. The Bertz CT molecular complexity index is 419. The molecule has 2 rings (SSSR count). The largest absolute Gasteiger partial charge is 0.372 e. The van der Waals surface area contributed by atoms with E-state index in [2.05, 4.69) is 47.1 Å². The van der Waals surface area contributed by atoms with Crippen LogP contribution in [0, 0.1) is 9.49 Å². The van der Waals surface area contributed by atoms with Crippen molar-refractivity contribution < 1.29 is 4.79 Å². The minimum Gasteiger partial charge on any atom is -0.372 e. The topological polar surface area (TPSA) is 41.1 Å². The molecule has 0 saturated carbocycles. The lowest BCUT2D eigenvalue weighted by Crippen LogP contribution is -2.43. The van der Waals surface area contributed by atoms with Crippen LogP contribution < -0.4 is 10.6 Å². The van der Waals surface area contributed by atoms with Gasteiger partial charge >= 0.3 is 0 Å². The van der Waals surface area contributed by atoms with Gasteiger partial charge < -0.3 is 10.6 Å². The van der Waals surface area contributed by atoms with Gasteiger partial charge in [0.1, 0.15) is 6.04 Å². The van der Waals surface area contributed by atoms with Crippen LogP contribution in [0.1, 0.15) is 20.3 Å². The third-order valence-electron chi connectivity index (χ3n) is 3.05. The summed E-state index contributed by atoms with van der Waals surface area (Å²) in [7, 11) is 0. The van der Waals surface area contributed by atoms with Crippen LogP contribution in [0.25, 0.3) is 0 Å². The van der Waals surface area contributed by atoms with Gasteiger partial charge in [-0.2, -0.15) is 0 Å². The second-order valence-corrected chi connectivity index (χ2v) is 5.43. The summed E-state index contributed by atoms with van der Waals surface area (Å²) in [6.45, 7) is 4.19. The predicted octanol–water partition coefficient (Wildman–Crippen LogP) is 3.07. The highest BCUT2D eigenvalue weighted by atomic mass is 127. The number of nitrogens with one attached hydrogen (secondary N) is 2. The van der Waals surface area contributed by atoms with Crippen molar-refractivity contribution in [2.75, 3.05) is 10.6 Å². The van der Waals surface area contributed by atoms with Crippen molar-refractivity contribution in [2.24, 2.45) is 5.92 Å². The predicted molar refractivity (Wildman–Crippen MR) is 74.7 cm³/mol. The summed E-state index contributed by atoms with van der Waals surface area (Å²) >= 11 is 2.24. The van der Waals surface area contributed by atoms with E-state index in [1.54, 1.807) is 0 Å². The monoisotopic (exact) mass is 330 g/mol. The minimum absolute atomic E-state index is 0.0730. The maximum absolute atomic E-state index is 11.9. The molecule has 0 aromatic heterocycles. The van der Waals surface area contributed by atoms with Crippen molar-refractivity contribution in [3.63, 3.8) is 0 Å². The van der Waals surface area contributed by atoms with Crippen LogP contribution in [-0.2, 0) is 4.79 Å². The van der Waals surface area contributed by atoms with E-state index in [4.69, 9.17) is 0 Å². The molecule has 0 radical (unpaired) electrons. The van der Waals surface area contributed by atoms with Gasteiger partial charge in [0.2, 0.25) is 5.91 Å². The Kier molecular flexibility index (Phi) is 3.37. The van der Waals surface area contributed by atoms with Crippen molar-refractivity contribution in [2.45, 2.75) is 26.3 Å². The normalized spacial score (nSPS) is 20.7. The van der Waals surface area contributed by atoms with E-state index < -0.39 is 0 Å². The fourth-order valence-corrected chi connectivity index (χ4v) is 2.32. The highest BCUT2D eigenvalue weighted by Crippen LogP contribution is 2.30. The van der Waals surface area contributed by atoms with Crippen LogP contribution in [0.4, 0.5) is 11.4 Å². The molecule has 0 aliphatic carbocycles. The summed E-state index contributed by atoms with van der Waals surface area (Å²) < 4.78 is 1.13. The first-order valence-electron chi connectivity index (χ1n) is 5.48. The molecule has 0 spiro atoms. The highest BCUT2D eigenvalue weighted by Gasteiger charge is 2.28. The zero-order valence-corrected chi connectivity index (χ0v) is 11.5. The molecular weight excluding hydrogens is 315 g/mol. The van der Waals surface area contributed by atoms with Gasteiger partial charge in [0, 0.05) is 3.57 Å². The number of carbonyl (C=O) groups excluding carboxylic acids is 1. The number of hydrogen-bond donors (Lipinski definition) is 2. The van der Waals surface area contributed by atoms with Gasteiger partial charge in [-0.25, -0.2) is 0 Å². The van der Waals surface area contributed by atoms with Crippen LogP contribution in [0.2, 0.25) is 0 Å². The van der Waals surface area contributed by atoms with Crippen molar-refractivity contribution in [3.05, 3.63) is 21.8 Å². The van der Waals surface area contributed by atoms with Gasteiger partial charge in [0.15, 0.2) is 0 Å². The fraction of sp³-hybridized carbons (Fsp3) is 0.417. The second kappa shape index (κ2) is 4.61. The molecule has 1 aliphatic heterocycles. The molecule has 1 aromatic carbocycles. The molecule has 1 aliphatic rings. The van der Waals surface area contributed by atoms with Gasteiger partial charge in [0.05, 0.1) is 11.4 Å². The average Bonchev–Trinajstić information content (AvgIpc) is 2.27. The lowest BCUT2D eigenvalue weighted by Gasteiger charge is -2.30. The third-order valence-corrected chi connectivity index (χ3v) is 3.72. The lowest BCUT2D eigenvalue weighted by atomic mass is 9.96. The minimum atomic E-state index is -0.113. The zero-order valence-electron chi connectivity index (χ0n) is 9.38. The molecule has 2 N–H and O–H groups in total. The third kappa shape index (κ3) is 2.16. The Morgan fingerprint density at radius 2 is 2.19 bits per heavy atom. The highest BCUT2D eigenvalue weighted by molar-refractivity contribution is 14.1. The SMILES string of the molecule is CCC(C)C1Nc2ccc(I)cc2NC1=O. The van der Waals surface area contributed by atoms with E-state index >= 15 is 0 Å². The Morgan fingerprint density at radius 1 is 1.44 bits per heavy atom. The first kappa shape index (κ1) is 11.7. The van der Waals surface area contributed by atoms with Gasteiger partial charge in [-0.3, -0.25) is 4.79 Å². The Balaban J connectivity index is 2.28. The van der Waals surface area contributed by atoms with Crippen LogP contribution in [-0.4, -0.2) is 11.9 Å². The zero-order chi connectivity index (χ0) is 11.7. The van der Waals surface area contributed by atoms with E-state index in [1.807, 2.05) is 18.2 Å². The van der Waals surface area contributed by atoms with Crippen LogP contribution >= 0.6 is 22.6 Å². The molecule has 2 unspecified atom stereocenters. The summed E-state index contributed by atoms with van der Waals surface area (Å²) in [5, 5.41) is 6.27. The van der Waals surface area contributed by atoms with Crippen molar-refractivity contribution in [1.29, 1.82) is 0 Å². The van der Waals surface area contributed by atoms with E-state index in [0.29, 0.717) is 5.92 Å². The van der Waals surface area contributed by atoms with Crippen LogP contribution in [0.5, 0.6) is 0 Å². The molecule has 0 bridgehead atoms. The Morgan fingerprint density at radius 3 is 2.88 bits per heavy atom. The Hall–Kier alpha value is -0.780. The van der Waals surface area contributed by atoms with E-state index in [0.717, 1.165) is 21.4 Å². The smallest absolute Gasteiger partial charge is 0.247 e. The molecule has 3 nitrogen and oxygen atoms in total. The average molecular weight is 330 g/mol. The van der Waals surface area contributed by atoms with E-state index in [1.165, 1.54) is 0 Å². The Labute approximate surface area is 109 Å². The van der Waals surface area contributed by atoms with Crippen molar-refractivity contribution in [3.8, 4) is 0 Å². The van der Waals surface area contributed by atoms with Gasteiger partial charge in [0.25, 0.3) is 0 Å². The second-order valence-electron chi connectivity index (χ2n) is 4.19. The van der Waals surface area contributed by atoms with Gasteiger partial charge in [-0.15, -0.1) is 0 Å². The standard InChI is InChI=1S/C12H15IN2O/c1-3-7(2)11-12(16)15-10-6-8(13)4-5-9(10)14-11/h4-7,11,14H,3H2,1-2H3,(H,15,16). The molecule has 1 amide bonds. The number of fused-ring (bicyclic) bond motifs is 1. The first-order valence-corrected chi connectivity index (χ1v) is 6.56. The lowest BCUT2D eigenvalue weighted by molar-refractivity contribution is -0.118. The number of anilines is 2. The maximum Gasteiger partial charge on any atom is 0.247 e. The first-order chi connectivity index (χ1) is 7.61. The summed E-state index contributed by atoms with van der Waals surface area (Å²) in [6, 6.07) is 5.93. The number of rotatable bonds is 2. The van der Waals surface area contributed by atoms with Gasteiger partial charge in [-0.05, 0) is 46.7 Å². The quantitative estimate of drug-likeness (QED) is 0.819. The summed E-state index contributed by atoms with van der Waals surface area (Å²) in [5.74, 6) is 0.413. The van der Waals surface area contributed by atoms with Crippen LogP contribution in [0.3, 0.4) is 0 Å². The number of benzene rings is 1. The molecule has 1 aromatic rings. The van der Waals surface area contributed by atoms with Crippen molar-refractivity contribution >= 4 is 39.9 Å². The van der Waals surface area contributed by atoms with Gasteiger partial charge in [-0.1, -0.05) is 20.3 Å². The summed E-state index contributed by atoms with van der Waals surface area (Å²) in [4.78, 5) is 11.9. The summed E-state index contributed by atoms with van der Waals surface area (Å²) in [6.07, 6.45) is 0.991. The molecule has 1 heterocycles. The van der Waals surface area contributed by atoms with E-state index in [-0.39, 0.29) is 11.9 Å². The molecule has 4 heteroatoms. The number of amides is 1. The molecule has 16 heavy (non-hydrogen) atoms. The van der Waals surface area contributed by atoms with Crippen molar-refractivity contribution in [1.82, 2.24) is 0 Å². The fourth-order valence-electron chi connectivity index (χ4n) is 1.83. The van der Waals surface area contributed by atoms with Crippen LogP contribution in [0.15, 0.2) is 18.2 Å². The number of halogens is 1. The maximum atomic E-state index is 11.9. The molecule has 0 fully saturated rings. The number of hydrogen-bond acceptors (Lipinski definition) is 2. The summed E-state index contributed by atoms with van der Waals surface area (Å²) in [5.41, 5.74) is 1.90.